The van der Waals surface area contributed by atoms with Crippen molar-refractivity contribution in [2.45, 2.75) is 6.42 Å². The van der Waals surface area contributed by atoms with Crippen LogP contribution in [0.25, 0.3) is 0 Å². The van der Waals surface area contributed by atoms with Crippen LogP contribution in [-0.2, 0) is 9.59 Å². The summed E-state index contributed by atoms with van der Waals surface area (Å²) in [5.41, 5.74) is 0.571. The number of anilines is 1. The van der Waals surface area contributed by atoms with Gasteiger partial charge in [0, 0.05) is 18.7 Å². The van der Waals surface area contributed by atoms with Gasteiger partial charge in [-0.15, -0.1) is 0 Å². The third-order valence-corrected chi connectivity index (χ3v) is 2.98. The largest absolute Gasteiger partial charge is 0.343 e. The Bertz CT molecular complexity index is 536. The van der Waals surface area contributed by atoms with E-state index in [9.17, 15) is 14.0 Å². The van der Waals surface area contributed by atoms with Gasteiger partial charge in [-0.2, -0.15) is 5.26 Å². The second-order valence-corrected chi connectivity index (χ2v) is 4.26. The molecule has 1 fully saturated rings. The zero-order valence-electron chi connectivity index (χ0n) is 10.1. The van der Waals surface area contributed by atoms with Gasteiger partial charge in [0.2, 0.25) is 11.8 Å². The Morgan fingerprint density at radius 1 is 1.47 bits per heavy atom. The number of benzene rings is 1. The number of nitrogens with zero attached hydrogens (tertiary/aromatic N) is 2. The zero-order valence-corrected chi connectivity index (χ0v) is 10.1. The fourth-order valence-electron chi connectivity index (χ4n) is 2.02. The highest BCUT2D eigenvalue weighted by atomic mass is 19.1. The minimum Gasteiger partial charge on any atom is -0.343 e. The van der Waals surface area contributed by atoms with Gasteiger partial charge in [0.15, 0.2) is 0 Å². The number of nitrogens with one attached hydrogen (secondary N) is 1. The van der Waals surface area contributed by atoms with E-state index in [-0.39, 0.29) is 37.1 Å². The molecule has 2 amide bonds. The first-order chi connectivity index (χ1) is 9.11. The van der Waals surface area contributed by atoms with Crippen molar-refractivity contribution in [3.63, 3.8) is 0 Å². The van der Waals surface area contributed by atoms with E-state index in [0.717, 1.165) is 0 Å². The van der Waals surface area contributed by atoms with E-state index >= 15 is 0 Å². The Hall–Kier alpha value is -2.42. The van der Waals surface area contributed by atoms with Gasteiger partial charge in [-0.1, -0.05) is 0 Å². The molecule has 5 nitrogen and oxygen atoms in total. The predicted octanol–water partition coefficient (Wildman–Crippen LogP) is 0.818. The molecule has 1 N–H and O–H groups in total. The van der Waals surface area contributed by atoms with Gasteiger partial charge in [0.05, 0.1) is 12.0 Å². The van der Waals surface area contributed by atoms with E-state index in [2.05, 4.69) is 5.32 Å². The average molecular weight is 261 g/mol. The molecule has 0 aliphatic carbocycles. The molecular formula is C13H12FN3O2. The summed E-state index contributed by atoms with van der Waals surface area (Å²) in [4.78, 5) is 25.0. The molecule has 19 heavy (non-hydrogen) atoms. The zero-order chi connectivity index (χ0) is 13.8. The summed E-state index contributed by atoms with van der Waals surface area (Å²) in [5, 5.41) is 10.8. The summed E-state index contributed by atoms with van der Waals surface area (Å²) in [6.07, 6.45) is 0.106. The molecule has 0 aromatic heterocycles. The van der Waals surface area contributed by atoms with Crippen molar-refractivity contribution in [2.24, 2.45) is 5.92 Å². The van der Waals surface area contributed by atoms with Gasteiger partial charge >= 0.3 is 0 Å². The van der Waals surface area contributed by atoms with E-state index in [0.29, 0.717) is 5.69 Å². The summed E-state index contributed by atoms with van der Waals surface area (Å²) in [6.45, 7) is 0.182. The normalized spacial score (nSPS) is 18.2. The molecule has 1 heterocycles. The van der Waals surface area contributed by atoms with Crippen molar-refractivity contribution in [3.8, 4) is 6.07 Å². The molecule has 1 aliphatic heterocycles. The first-order valence-corrected chi connectivity index (χ1v) is 5.82. The second-order valence-electron chi connectivity index (χ2n) is 4.26. The van der Waals surface area contributed by atoms with E-state index in [1.54, 1.807) is 0 Å². The third kappa shape index (κ3) is 2.88. The number of halogens is 1. The third-order valence-electron chi connectivity index (χ3n) is 2.98. The summed E-state index contributed by atoms with van der Waals surface area (Å²) < 4.78 is 12.8. The van der Waals surface area contributed by atoms with Crippen LogP contribution in [0.3, 0.4) is 0 Å². The monoisotopic (exact) mass is 261 g/mol. The molecule has 0 saturated carbocycles. The van der Waals surface area contributed by atoms with Crippen LogP contribution in [-0.4, -0.2) is 24.9 Å². The van der Waals surface area contributed by atoms with Gasteiger partial charge in [-0.05, 0) is 24.3 Å². The Kier molecular flexibility index (Phi) is 3.76. The number of hydrogen-bond acceptors (Lipinski definition) is 3. The predicted molar refractivity (Wildman–Crippen MR) is 65.5 cm³/mol. The quantitative estimate of drug-likeness (QED) is 0.819. The summed E-state index contributed by atoms with van der Waals surface area (Å²) in [7, 11) is 0. The number of amides is 2. The molecule has 0 radical (unpaired) electrons. The Labute approximate surface area is 109 Å². The number of hydrogen-bond donors (Lipinski definition) is 1. The lowest BCUT2D eigenvalue weighted by Crippen LogP contribution is -2.33. The van der Waals surface area contributed by atoms with E-state index in [1.807, 2.05) is 6.07 Å². The maximum Gasteiger partial charge on any atom is 0.227 e. The molecule has 0 unspecified atom stereocenters. The van der Waals surface area contributed by atoms with Crippen LogP contribution in [0.15, 0.2) is 24.3 Å². The molecular weight excluding hydrogens is 249 g/mol. The fraction of sp³-hybridized carbons (Fsp3) is 0.308. The first kappa shape index (κ1) is 13.0. The van der Waals surface area contributed by atoms with Crippen molar-refractivity contribution in [3.05, 3.63) is 30.1 Å². The molecule has 1 atom stereocenters. The SMILES string of the molecule is N#CCNC(=O)[C@@H]1CC(=O)N(c2ccc(F)cc2)C1. The molecule has 2 rings (SSSR count). The van der Waals surface area contributed by atoms with Gasteiger partial charge in [0.1, 0.15) is 12.4 Å². The van der Waals surface area contributed by atoms with Crippen LogP contribution >= 0.6 is 0 Å². The summed E-state index contributed by atoms with van der Waals surface area (Å²) >= 11 is 0. The van der Waals surface area contributed by atoms with Crippen LogP contribution in [0.5, 0.6) is 0 Å². The highest BCUT2D eigenvalue weighted by Crippen LogP contribution is 2.25. The minimum atomic E-state index is -0.467. The Morgan fingerprint density at radius 3 is 2.79 bits per heavy atom. The van der Waals surface area contributed by atoms with Crippen LogP contribution in [0, 0.1) is 23.1 Å². The topological polar surface area (TPSA) is 73.2 Å². The van der Waals surface area contributed by atoms with Crippen LogP contribution in [0.1, 0.15) is 6.42 Å². The van der Waals surface area contributed by atoms with Gasteiger partial charge in [0.25, 0.3) is 0 Å². The summed E-state index contributed by atoms with van der Waals surface area (Å²) in [5.74, 6) is -1.33. The van der Waals surface area contributed by atoms with Gasteiger partial charge in [-0.3, -0.25) is 9.59 Å². The van der Waals surface area contributed by atoms with Crippen molar-refractivity contribution < 1.29 is 14.0 Å². The Balaban J connectivity index is 2.05. The minimum absolute atomic E-state index is 0.0694. The fourth-order valence-corrected chi connectivity index (χ4v) is 2.02. The number of rotatable bonds is 3. The summed E-state index contributed by atoms with van der Waals surface area (Å²) in [6, 6.07) is 7.35. The van der Waals surface area contributed by atoms with Crippen molar-refractivity contribution >= 4 is 17.5 Å². The van der Waals surface area contributed by atoms with E-state index in [1.165, 1.54) is 29.2 Å². The molecule has 1 saturated heterocycles. The lowest BCUT2D eigenvalue weighted by atomic mass is 10.1. The van der Waals surface area contributed by atoms with Crippen molar-refractivity contribution in [2.75, 3.05) is 18.0 Å². The van der Waals surface area contributed by atoms with Crippen LogP contribution in [0.4, 0.5) is 10.1 Å². The smallest absolute Gasteiger partial charge is 0.227 e. The highest BCUT2D eigenvalue weighted by Gasteiger charge is 2.34. The molecule has 6 heteroatoms. The van der Waals surface area contributed by atoms with E-state index in [4.69, 9.17) is 5.26 Å². The lowest BCUT2D eigenvalue weighted by molar-refractivity contribution is -0.126. The molecule has 0 spiro atoms. The molecule has 1 aromatic rings. The number of nitriles is 1. The lowest BCUT2D eigenvalue weighted by Gasteiger charge is -2.16. The van der Waals surface area contributed by atoms with Gasteiger partial charge < -0.3 is 10.2 Å². The maximum absolute atomic E-state index is 12.8. The second kappa shape index (κ2) is 5.48. The number of carbonyl (C=O) groups excluding carboxylic acids is 2. The van der Waals surface area contributed by atoms with Crippen molar-refractivity contribution in [1.29, 1.82) is 5.26 Å². The maximum atomic E-state index is 12.8. The molecule has 0 bridgehead atoms. The molecule has 1 aromatic carbocycles. The number of carbonyl (C=O) groups is 2. The van der Waals surface area contributed by atoms with E-state index < -0.39 is 5.92 Å². The van der Waals surface area contributed by atoms with Gasteiger partial charge in [-0.25, -0.2) is 4.39 Å². The average Bonchev–Trinajstić information content (AvgIpc) is 2.79. The molecule has 1 aliphatic rings. The Morgan fingerprint density at radius 2 is 2.16 bits per heavy atom. The van der Waals surface area contributed by atoms with Crippen molar-refractivity contribution in [1.82, 2.24) is 5.32 Å². The first-order valence-electron chi connectivity index (χ1n) is 5.82. The van der Waals surface area contributed by atoms with Crippen LogP contribution < -0.4 is 10.2 Å². The standard InChI is InChI=1S/C13H12FN3O2/c14-10-1-3-11(4-2-10)17-8-9(7-12(17)18)13(19)16-6-5-15/h1-4,9H,6-8H2,(H,16,19)/t9-/m1/s1. The molecule has 98 valence electrons. The van der Waals surface area contributed by atoms with Crippen LogP contribution in [0.2, 0.25) is 0 Å². The highest BCUT2D eigenvalue weighted by molar-refractivity contribution is 6.00.